The standard InChI is InChI=1S/C29H28N2O5S2/c1-22(24-17-19-25(20-18-24)37(2,33)34)30-29(32)27-15-9-10-16-28(27)31(21-23-11-5-3-6-12-23)38(35,36)26-13-7-4-8-14-26/h3-20,22H,21H2,1-2H3,(H,30,32)/t22-/m0/s1. The molecule has 0 saturated heterocycles. The molecule has 7 nitrogen and oxygen atoms in total. The normalized spacial score (nSPS) is 12.5. The SMILES string of the molecule is C[C@H](NC(=O)c1ccccc1N(Cc1ccccc1)S(=O)(=O)c1ccccc1)c1ccc(S(C)(=O)=O)cc1. The van der Waals surface area contributed by atoms with Crippen LogP contribution < -0.4 is 9.62 Å². The molecule has 4 aromatic carbocycles. The summed E-state index contributed by atoms with van der Waals surface area (Å²) in [5, 5.41) is 2.91. The number of sulfone groups is 1. The van der Waals surface area contributed by atoms with Gasteiger partial charge in [0, 0.05) is 6.26 Å². The van der Waals surface area contributed by atoms with E-state index in [4.69, 9.17) is 0 Å². The van der Waals surface area contributed by atoms with Gasteiger partial charge in [-0.3, -0.25) is 9.10 Å². The molecule has 0 aliphatic rings. The van der Waals surface area contributed by atoms with Crippen LogP contribution in [0.25, 0.3) is 0 Å². The average molecular weight is 549 g/mol. The van der Waals surface area contributed by atoms with Gasteiger partial charge in [-0.15, -0.1) is 0 Å². The van der Waals surface area contributed by atoms with Crippen molar-refractivity contribution in [2.24, 2.45) is 0 Å². The van der Waals surface area contributed by atoms with Crippen LogP contribution in [0.1, 0.15) is 34.5 Å². The smallest absolute Gasteiger partial charge is 0.264 e. The van der Waals surface area contributed by atoms with Gasteiger partial charge in [0.05, 0.1) is 33.6 Å². The van der Waals surface area contributed by atoms with Crippen LogP contribution in [0.15, 0.2) is 119 Å². The number of amides is 1. The summed E-state index contributed by atoms with van der Waals surface area (Å²) in [5.41, 5.74) is 1.92. The largest absolute Gasteiger partial charge is 0.345 e. The van der Waals surface area contributed by atoms with Crippen LogP contribution in [-0.4, -0.2) is 29.0 Å². The Hall–Kier alpha value is -3.95. The van der Waals surface area contributed by atoms with Crippen molar-refractivity contribution in [1.82, 2.24) is 5.32 Å². The Bertz CT molecular complexity index is 1620. The third-order valence-electron chi connectivity index (χ3n) is 6.07. The van der Waals surface area contributed by atoms with Crippen LogP contribution in [0.5, 0.6) is 0 Å². The number of benzene rings is 4. The predicted molar refractivity (Wildman–Crippen MR) is 148 cm³/mol. The number of nitrogens with one attached hydrogen (secondary N) is 1. The number of rotatable bonds is 9. The number of para-hydroxylation sites is 1. The topological polar surface area (TPSA) is 101 Å². The number of hydrogen-bond donors (Lipinski definition) is 1. The van der Waals surface area contributed by atoms with Crippen LogP contribution in [0, 0.1) is 0 Å². The maximum Gasteiger partial charge on any atom is 0.264 e. The van der Waals surface area contributed by atoms with Crippen molar-refractivity contribution in [1.29, 1.82) is 0 Å². The van der Waals surface area contributed by atoms with Gasteiger partial charge in [0.1, 0.15) is 0 Å². The molecule has 0 spiro atoms. The second-order valence-electron chi connectivity index (χ2n) is 8.86. The Morgan fingerprint density at radius 2 is 1.29 bits per heavy atom. The van der Waals surface area contributed by atoms with Gasteiger partial charge in [0.25, 0.3) is 15.9 Å². The Balaban J connectivity index is 1.69. The molecule has 0 bridgehead atoms. The third kappa shape index (κ3) is 6.12. The Kier molecular flexibility index (Phi) is 7.99. The lowest BCUT2D eigenvalue weighted by atomic mass is 10.1. The van der Waals surface area contributed by atoms with Crippen LogP contribution >= 0.6 is 0 Å². The summed E-state index contributed by atoms with van der Waals surface area (Å²) < 4.78 is 52.4. The van der Waals surface area contributed by atoms with Crippen LogP contribution in [0.4, 0.5) is 5.69 Å². The van der Waals surface area contributed by atoms with Gasteiger partial charge < -0.3 is 5.32 Å². The zero-order valence-corrected chi connectivity index (χ0v) is 22.6. The highest BCUT2D eigenvalue weighted by molar-refractivity contribution is 7.92. The maximum absolute atomic E-state index is 13.8. The minimum absolute atomic E-state index is 0.0326. The van der Waals surface area contributed by atoms with E-state index < -0.39 is 31.8 Å². The first kappa shape index (κ1) is 27.1. The minimum atomic E-state index is -4.01. The molecule has 0 fully saturated rings. The van der Waals surface area contributed by atoms with E-state index in [2.05, 4.69) is 5.32 Å². The Morgan fingerprint density at radius 1 is 0.737 bits per heavy atom. The van der Waals surface area contributed by atoms with E-state index in [0.29, 0.717) is 5.56 Å². The highest BCUT2D eigenvalue weighted by Crippen LogP contribution is 2.30. The van der Waals surface area contributed by atoms with Gasteiger partial charge in [-0.25, -0.2) is 16.8 Å². The van der Waals surface area contributed by atoms with Crippen molar-refractivity contribution in [2.45, 2.75) is 29.3 Å². The molecule has 4 aromatic rings. The minimum Gasteiger partial charge on any atom is -0.345 e. The number of nitrogens with zero attached hydrogens (tertiary/aromatic N) is 1. The quantitative estimate of drug-likeness (QED) is 0.318. The molecule has 1 amide bonds. The zero-order chi connectivity index (χ0) is 27.3. The number of carbonyl (C=O) groups is 1. The number of sulfonamides is 1. The van der Waals surface area contributed by atoms with E-state index in [1.165, 1.54) is 28.6 Å². The van der Waals surface area contributed by atoms with E-state index in [0.717, 1.165) is 11.8 Å². The first-order valence-electron chi connectivity index (χ1n) is 11.9. The van der Waals surface area contributed by atoms with Crippen molar-refractivity contribution in [3.05, 3.63) is 126 Å². The summed E-state index contributed by atoms with van der Waals surface area (Å²) in [6.07, 6.45) is 1.13. The third-order valence-corrected chi connectivity index (χ3v) is 8.98. The molecule has 1 N–H and O–H groups in total. The first-order chi connectivity index (χ1) is 18.1. The molecule has 0 aliphatic carbocycles. The van der Waals surface area contributed by atoms with E-state index in [9.17, 15) is 21.6 Å². The van der Waals surface area contributed by atoms with Gasteiger partial charge >= 0.3 is 0 Å². The molecule has 0 saturated carbocycles. The Labute approximate surface area is 223 Å². The zero-order valence-electron chi connectivity index (χ0n) is 21.0. The van der Waals surface area contributed by atoms with Gasteiger partial charge in [0.15, 0.2) is 9.84 Å². The van der Waals surface area contributed by atoms with Crippen molar-refractivity contribution in [3.8, 4) is 0 Å². The summed E-state index contributed by atoms with van der Waals surface area (Å²) in [6, 6.07) is 29.7. The molecule has 0 unspecified atom stereocenters. The van der Waals surface area contributed by atoms with Crippen LogP contribution in [-0.2, 0) is 26.4 Å². The van der Waals surface area contributed by atoms with Gasteiger partial charge in [-0.2, -0.15) is 0 Å². The van der Waals surface area contributed by atoms with E-state index >= 15 is 0 Å². The molecule has 38 heavy (non-hydrogen) atoms. The first-order valence-corrected chi connectivity index (χ1v) is 15.2. The lowest BCUT2D eigenvalue weighted by Gasteiger charge is -2.27. The molecule has 0 heterocycles. The second kappa shape index (κ2) is 11.2. The molecule has 0 aromatic heterocycles. The summed E-state index contributed by atoms with van der Waals surface area (Å²) >= 11 is 0. The van der Waals surface area contributed by atoms with Crippen molar-refractivity contribution < 1.29 is 21.6 Å². The summed E-state index contributed by atoms with van der Waals surface area (Å²) in [4.78, 5) is 13.8. The maximum atomic E-state index is 13.8. The molecule has 4 rings (SSSR count). The summed E-state index contributed by atoms with van der Waals surface area (Å²) in [6.45, 7) is 1.81. The van der Waals surface area contributed by atoms with Crippen LogP contribution in [0.3, 0.4) is 0 Å². The fourth-order valence-corrected chi connectivity index (χ4v) is 6.14. The lowest BCUT2D eigenvalue weighted by molar-refractivity contribution is 0.0940. The molecule has 196 valence electrons. The van der Waals surface area contributed by atoms with Gasteiger partial charge in [-0.1, -0.05) is 72.8 Å². The van der Waals surface area contributed by atoms with Crippen molar-refractivity contribution in [2.75, 3.05) is 10.6 Å². The van der Waals surface area contributed by atoms with Crippen molar-refractivity contribution >= 4 is 31.5 Å². The molecular formula is C29H28N2O5S2. The van der Waals surface area contributed by atoms with Crippen LogP contribution in [0.2, 0.25) is 0 Å². The predicted octanol–water partition coefficient (Wildman–Crippen LogP) is 4.98. The number of anilines is 1. The molecule has 9 heteroatoms. The van der Waals surface area contributed by atoms with E-state index in [-0.39, 0.29) is 27.6 Å². The van der Waals surface area contributed by atoms with Crippen molar-refractivity contribution in [3.63, 3.8) is 0 Å². The fraction of sp³-hybridized carbons (Fsp3) is 0.138. The summed E-state index contributed by atoms with van der Waals surface area (Å²) in [5.74, 6) is -0.457. The average Bonchev–Trinajstić information content (AvgIpc) is 2.92. The van der Waals surface area contributed by atoms with E-state index in [1.807, 2.05) is 30.3 Å². The Morgan fingerprint density at radius 3 is 1.89 bits per heavy atom. The number of hydrogen-bond acceptors (Lipinski definition) is 5. The van der Waals surface area contributed by atoms with Gasteiger partial charge in [0.2, 0.25) is 0 Å². The molecular weight excluding hydrogens is 520 g/mol. The molecule has 0 radical (unpaired) electrons. The number of carbonyl (C=O) groups excluding carboxylic acids is 1. The fourth-order valence-electron chi connectivity index (χ4n) is 4.01. The van der Waals surface area contributed by atoms with Gasteiger partial charge in [-0.05, 0) is 54.4 Å². The summed E-state index contributed by atoms with van der Waals surface area (Å²) in [7, 11) is -7.35. The van der Waals surface area contributed by atoms with E-state index in [1.54, 1.807) is 61.5 Å². The second-order valence-corrected chi connectivity index (χ2v) is 12.7. The highest BCUT2D eigenvalue weighted by Gasteiger charge is 2.29. The highest BCUT2D eigenvalue weighted by atomic mass is 32.2. The molecule has 0 aliphatic heterocycles. The molecule has 1 atom stereocenters. The lowest BCUT2D eigenvalue weighted by Crippen LogP contribution is -2.34. The monoisotopic (exact) mass is 548 g/mol.